The quantitative estimate of drug-likeness (QED) is 0.328. The lowest BCUT2D eigenvalue weighted by Crippen LogP contribution is -2.33. The van der Waals surface area contributed by atoms with Gasteiger partial charge >= 0.3 is 0 Å². The summed E-state index contributed by atoms with van der Waals surface area (Å²) in [4.78, 5) is 29.6. The molecule has 1 saturated heterocycles. The van der Waals surface area contributed by atoms with Gasteiger partial charge in [-0.3, -0.25) is 9.59 Å². The molecule has 7 heteroatoms. The number of nitrogens with zero attached hydrogens (tertiary/aromatic N) is 2. The zero-order chi connectivity index (χ0) is 24.0. The molecule has 2 aromatic carbocycles. The number of likely N-dealkylation sites (tertiary alicyclic amines) is 1. The third kappa shape index (κ3) is 5.25. The highest BCUT2D eigenvalue weighted by atomic mass is 19.1. The Balaban J connectivity index is 2.02. The van der Waals surface area contributed by atoms with Gasteiger partial charge in [0.05, 0.1) is 18.2 Å². The van der Waals surface area contributed by atoms with Gasteiger partial charge in [-0.2, -0.15) is 0 Å². The van der Waals surface area contributed by atoms with Crippen molar-refractivity contribution in [3.05, 3.63) is 71.0 Å². The Hall–Kier alpha value is -3.19. The van der Waals surface area contributed by atoms with Gasteiger partial charge in [0.15, 0.2) is 0 Å². The van der Waals surface area contributed by atoms with E-state index in [1.54, 1.807) is 42.5 Å². The molecule has 1 amide bonds. The van der Waals surface area contributed by atoms with Crippen molar-refractivity contribution in [1.82, 2.24) is 9.80 Å². The molecule has 0 bridgehead atoms. The van der Waals surface area contributed by atoms with E-state index < -0.39 is 23.5 Å². The van der Waals surface area contributed by atoms with E-state index in [1.165, 1.54) is 11.0 Å². The highest BCUT2D eigenvalue weighted by Gasteiger charge is 2.46. The van der Waals surface area contributed by atoms with Crippen LogP contribution in [0.1, 0.15) is 44.4 Å². The number of carbonyl (C=O) groups is 2. The first-order chi connectivity index (χ1) is 15.9. The minimum Gasteiger partial charge on any atom is -0.507 e. The molecule has 3 rings (SSSR count). The first kappa shape index (κ1) is 24.5. The van der Waals surface area contributed by atoms with Crippen LogP contribution in [0.2, 0.25) is 0 Å². The van der Waals surface area contributed by atoms with Crippen LogP contribution in [0.5, 0.6) is 5.75 Å². The zero-order valence-corrected chi connectivity index (χ0v) is 19.4. The van der Waals surface area contributed by atoms with Crippen molar-refractivity contribution in [3.8, 4) is 5.75 Å². The van der Waals surface area contributed by atoms with E-state index >= 15 is 0 Å². The number of Topliss-reactive ketones (excluding diaryl/α,β-unsaturated/α-hetero) is 1. The molecule has 0 spiro atoms. The predicted octanol–water partition coefficient (Wildman–Crippen LogP) is 4.38. The summed E-state index contributed by atoms with van der Waals surface area (Å²) in [5.41, 5.74) is 0.449. The van der Waals surface area contributed by atoms with Crippen LogP contribution in [0, 0.1) is 5.82 Å². The van der Waals surface area contributed by atoms with E-state index in [-0.39, 0.29) is 23.4 Å². The highest BCUT2D eigenvalue weighted by Crippen LogP contribution is 2.40. The molecule has 0 saturated carbocycles. The average molecular weight is 455 g/mol. The van der Waals surface area contributed by atoms with Crippen molar-refractivity contribution < 1.29 is 23.8 Å². The first-order valence-corrected chi connectivity index (χ1v) is 11.4. The Labute approximate surface area is 194 Å². The van der Waals surface area contributed by atoms with E-state index in [0.717, 1.165) is 19.6 Å². The summed E-state index contributed by atoms with van der Waals surface area (Å²) in [6, 6.07) is 11.7. The molecule has 1 fully saturated rings. The van der Waals surface area contributed by atoms with E-state index in [1.807, 2.05) is 6.92 Å². The average Bonchev–Trinajstić information content (AvgIpc) is 3.07. The molecule has 0 unspecified atom stereocenters. The third-order valence-corrected chi connectivity index (χ3v) is 5.95. The highest BCUT2D eigenvalue weighted by molar-refractivity contribution is 6.46. The van der Waals surface area contributed by atoms with Gasteiger partial charge in [-0.1, -0.05) is 32.0 Å². The first-order valence-electron chi connectivity index (χ1n) is 11.4. The van der Waals surface area contributed by atoms with E-state index in [0.29, 0.717) is 24.3 Å². The number of aliphatic hydroxyl groups is 1. The standard InChI is InChI=1S/C26H31FN2O4/c1-4-28(5-2)16-9-17-29-23(20-10-7-8-11-21(20)27)22(25(31)26(29)32)24(30)18-12-14-19(15-13-18)33-6-3/h7-8,10-15,23,30H,4-6,9,16-17H2,1-3H3/t23-/m1/s1. The minimum absolute atomic E-state index is 0.0999. The molecule has 0 aliphatic carbocycles. The second-order valence-electron chi connectivity index (χ2n) is 7.85. The topological polar surface area (TPSA) is 70.1 Å². The van der Waals surface area contributed by atoms with Gasteiger partial charge in [0.25, 0.3) is 11.7 Å². The fourth-order valence-corrected chi connectivity index (χ4v) is 4.17. The molecular weight excluding hydrogens is 423 g/mol. The Kier molecular flexibility index (Phi) is 8.22. The molecule has 0 radical (unpaired) electrons. The maximum absolute atomic E-state index is 14.8. The van der Waals surface area contributed by atoms with Gasteiger partial charge in [-0.15, -0.1) is 0 Å². The molecule has 1 atom stereocenters. The number of carbonyl (C=O) groups excluding carboxylic acids is 2. The van der Waals surface area contributed by atoms with Gasteiger partial charge in [0, 0.05) is 17.7 Å². The monoisotopic (exact) mass is 454 g/mol. The Morgan fingerprint density at radius 1 is 1.06 bits per heavy atom. The molecule has 6 nitrogen and oxygen atoms in total. The summed E-state index contributed by atoms with van der Waals surface area (Å²) < 4.78 is 20.3. The summed E-state index contributed by atoms with van der Waals surface area (Å²) in [5, 5.41) is 11.1. The van der Waals surface area contributed by atoms with E-state index in [2.05, 4.69) is 18.7 Å². The second kappa shape index (κ2) is 11.1. The van der Waals surface area contributed by atoms with Crippen LogP contribution in [0.25, 0.3) is 5.76 Å². The lowest BCUT2D eigenvalue weighted by Gasteiger charge is -2.27. The fourth-order valence-electron chi connectivity index (χ4n) is 4.17. The number of halogens is 1. The number of hydrogen-bond acceptors (Lipinski definition) is 5. The SMILES string of the molecule is CCOc1ccc(C(O)=C2C(=O)C(=O)N(CCCN(CC)CC)[C@@H]2c2ccccc2F)cc1. The van der Waals surface area contributed by atoms with Crippen LogP contribution >= 0.6 is 0 Å². The molecule has 1 aliphatic heterocycles. The summed E-state index contributed by atoms with van der Waals surface area (Å²) in [5.74, 6) is -1.77. The maximum atomic E-state index is 14.8. The van der Waals surface area contributed by atoms with Gasteiger partial charge in [0.1, 0.15) is 17.3 Å². The number of aliphatic hydroxyl groups excluding tert-OH is 1. The van der Waals surface area contributed by atoms with Gasteiger partial charge in [-0.05, 0) is 63.3 Å². The predicted molar refractivity (Wildman–Crippen MR) is 125 cm³/mol. The summed E-state index contributed by atoms with van der Waals surface area (Å²) in [6.07, 6.45) is 0.628. The van der Waals surface area contributed by atoms with Crippen LogP contribution in [-0.2, 0) is 9.59 Å². The summed E-state index contributed by atoms with van der Waals surface area (Å²) >= 11 is 0. The normalized spacial score (nSPS) is 17.7. The number of ether oxygens (including phenoxy) is 1. The fraction of sp³-hybridized carbons (Fsp3) is 0.385. The van der Waals surface area contributed by atoms with Crippen molar-refractivity contribution >= 4 is 17.4 Å². The van der Waals surface area contributed by atoms with Gasteiger partial charge in [0.2, 0.25) is 0 Å². The molecule has 1 aliphatic rings. The molecule has 1 heterocycles. The van der Waals surface area contributed by atoms with Crippen molar-refractivity contribution in [2.75, 3.05) is 32.8 Å². The molecule has 0 aromatic heterocycles. The van der Waals surface area contributed by atoms with Crippen molar-refractivity contribution in [3.63, 3.8) is 0 Å². The zero-order valence-electron chi connectivity index (χ0n) is 19.4. The van der Waals surface area contributed by atoms with Crippen LogP contribution in [-0.4, -0.2) is 59.4 Å². The largest absolute Gasteiger partial charge is 0.507 e. The van der Waals surface area contributed by atoms with Crippen LogP contribution in [0.3, 0.4) is 0 Å². The molecular formula is C26H31FN2O4. The Bertz CT molecular complexity index is 1020. The summed E-state index contributed by atoms with van der Waals surface area (Å²) in [6.45, 7) is 9.27. The van der Waals surface area contributed by atoms with E-state index in [9.17, 15) is 19.1 Å². The lowest BCUT2D eigenvalue weighted by atomic mass is 9.95. The number of hydrogen-bond donors (Lipinski definition) is 1. The smallest absolute Gasteiger partial charge is 0.295 e. The lowest BCUT2D eigenvalue weighted by molar-refractivity contribution is -0.140. The van der Waals surface area contributed by atoms with Crippen LogP contribution in [0.15, 0.2) is 54.1 Å². The summed E-state index contributed by atoms with van der Waals surface area (Å²) in [7, 11) is 0. The maximum Gasteiger partial charge on any atom is 0.295 e. The van der Waals surface area contributed by atoms with Crippen molar-refractivity contribution in [2.45, 2.75) is 33.2 Å². The number of amides is 1. The molecule has 1 N–H and O–H groups in total. The van der Waals surface area contributed by atoms with Crippen LogP contribution in [0.4, 0.5) is 4.39 Å². The molecule has 2 aromatic rings. The van der Waals surface area contributed by atoms with Crippen molar-refractivity contribution in [1.29, 1.82) is 0 Å². The number of rotatable bonds is 10. The molecule has 33 heavy (non-hydrogen) atoms. The van der Waals surface area contributed by atoms with Gasteiger partial charge in [-0.25, -0.2) is 4.39 Å². The Morgan fingerprint density at radius 2 is 1.73 bits per heavy atom. The van der Waals surface area contributed by atoms with Crippen molar-refractivity contribution in [2.24, 2.45) is 0 Å². The van der Waals surface area contributed by atoms with Crippen LogP contribution < -0.4 is 4.74 Å². The Morgan fingerprint density at radius 3 is 2.33 bits per heavy atom. The number of ketones is 1. The van der Waals surface area contributed by atoms with E-state index in [4.69, 9.17) is 4.74 Å². The van der Waals surface area contributed by atoms with Gasteiger partial charge < -0.3 is 19.6 Å². The minimum atomic E-state index is -0.991. The second-order valence-corrected chi connectivity index (χ2v) is 7.85. The number of benzene rings is 2. The molecule has 176 valence electrons. The third-order valence-electron chi connectivity index (χ3n) is 5.95.